The highest BCUT2D eigenvalue weighted by molar-refractivity contribution is 7.91. The van der Waals surface area contributed by atoms with Crippen LogP contribution in [-0.4, -0.2) is 40.2 Å². The van der Waals surface area contributed by atoms with Gasteiger partial charge in [-0.1, -0.05) is 0 Å². The fourth-order valence-corrected chi connectivity index (χ4v) is 2.59. The van der Waals surface area contributed by atoms with E-state index in [9.17, 15) is 8.42 Å². The summed E-state index contributed by atoms with van der Waals surface area (Å²) < 4.78 is 33.0. The van der Waals surface area contributed by atoms with Crippen LogP contribution in [0.15, 0.2) is 22.8 Å². The van der Waals surface area contributed by atoms with Crippen LogP contribution in [0.4, 0.5) is 0 Å². The minimum absolute atomic E-state index is 0.150. The van der Waals surface area contributed by atoms with Crippen molar-refractivity contribution in [3.05, 3.63) is 24.2 Å². The zero-order valence-corrected chi connectivity index (χ0v) is 10.8. The fourth-order valence-electron chi connectivity index (χ4n) is 1.38. The number of hydrogen-bond acceptors (Lipinski definition) is 5. The summed E-state index contributed by atoms with van der Waals surface area (Å²) >= 11 is 0. The number of nitrogens with one attached hydrogen (secondary N) is 1. The summed E-state index contributed by atoms with van der Waals surface area (Å²) in [4.78, 5) is 0. The molecular weight excluding hydrogens is 242 g/mol. The maximum absolute atomic E-state index is 11.5. The SMILES string of the molecule is COCCCS(=O)(=O)CCNCc1ccco1. The molecule has 6 heteroatoms. The molecule has 0 aliphatic heterocycles. The van der Waals surface area contributed by atoms with Crippen LogP contribution in [0.2, 0.25) is 0 Å². The fraction of sp³-hybridized carbons (Fsp3) is 0.636. The standard InChI is InChI=1S/C11H19NO4S/c1-15-6-3-8-17(13,14)9-5-12-10-11-4-2-7-16-11/h2,4,7,12H,3,5-6,8-10H2,1H3. The summed E-state index contributed by atoms with van der Waals surface area (Å²) in [5.41, 5.74) is 0. The molecule has 5 nitrogen and oxygen atoms in total. The van der Waals surface area contributed by atoms with Gasteiger partial charge < -0.3 is 14.5 Å². The van der Waals surface area contributed by atoms with Gasteiger partial charge in [0.25, 0.3) is 0 Å². The predicted molar refractivity (Wildman–Crippen MR) is 65.6 cm³/mol. The third kappa shape index (κ3) is 6.45. The Balaban J connectivity index is 2.12. The largest absolute Gasteiger partial charge is 0.468 e. The van der Waals surface area contributed by atoms with Gasteiger partial charge in [0.2, 0.25) is 0 Å². The molecule has 1 aromatic heterocycles. The van der Waals surface area contributed by atoms with E-state index >= 15 is 0 Å². The lowest BCUT2D eigenvalue weighted by atomic mass is 10.4. The van der Waals surface area contributed by atoms with Crippen molar-refractivity contribution < 1.29 is 17.6 Å². The number of sulfone groups is 1. The highest BCUT2D eigenvalue weighted by Crippen LogP contribution is 1.99. The lowest BCUT2D eigenvalue weighted by molar-refractivity contribution is 0.199. The molecule has 0 unspecified atom stereocenters. The lowest BCUT2D eigenvalue weighted by Crippen LogP contribution is -2.24. The molecule has 0 fully saturated rings. The van der Waals surface area contributed by atoms with Crippen molar-refractivity contribution in [1.29, 1.82) is 0 Å². The molecule has 0 aliphatic rings. The smallest absolute Gasteiger partial charge is 0.151 e. The summed E-state index contributed by atoms with van der Waals surface area (Å²) in [6.45, 7) is 1.48. The van der Waals surface area contributed by atoms with Crippen LogP contribution in [0.25, 0.3) is 0 Å². The average Bonchev–Trinajstić information content (AvgIpc) is 2.77. The van der Waals surface area contributed by atoms with Crippen LogP contribution in [0, 0.1) is 0 Å². The first-order valence-electron chi connectivity index (χ1n) is 5.56. The molecule has 0 radical (unpaired) electrons. The van der Waals surface area contributed by atoms with E-state index in [0.29, 0.717) is 26.1 Å². The van der Waals surface area contributed by atoms with Crippen molar-refractivity contribution in [2.45, 2.75) is 13.0 Å². The lowest BCUT2D eigenvalue weighted by Gasteiger charge is -2.05. The quantitative estimate of drug-likeness (QED) is 0.667. The molecule has 0 atom stereocenters. The Morgan fingerprint density at radius 3 is 2.88 bits per heavy atom. The minimum Gasteiger partial charge on any atom is -0.468 e. The summed E-state index contributed by atoms with van der Waals surface area (Å²) in [5, 5.41) is 3.03. The molecule has 0 spiro atoms. The van der Waals surface area contributed by atoms with Gasteiger partial charge in [0.05, 0.1) is 24.3 Å². The molecule has 0 saturated carbocycles. The highest BCUT2D eigenvalue weighted by atomic mass is 32.2. The molecule has 1 N–H and O–H groups in total. The van der Waals surface area contributed by atoms with E-state index in [0.717, 1.165) is 5.76 Å². The maximum Gasteiger partial charge on any atom is 0.151 e. The second-order valence-electron chi connectivity index (χ2n) is 3.75. The molecule has 0 amide bonds. The Bertz CT molecular complexity index is 386. The van der Waals surface area contributed by atoms with Crippen molar-refractivity contribution in [3.8, 4) is 0 Å². The second kappa shape index (κ2) is 7.47. The van der Waals surface area contributed by atoms with Crippen molar-refractivity contribution in [2.24, 2.45) is 0 Å². The first-order valence-corrected chi connectivity index (χ1v) is 7.38. The Morgan fingerprint density at radius 1 is 1.41 bits per heavy atom. The van der Waals surface area contributed by atoms with Gasteiger partial charge in [-0.05, 0) is 18.6 Å². The van der Waals surface area contributed by atoms with Gasteiger partial charge >= 0.3 is 0 Å². The predicted octanol–water partition coefficient (Wildman–Crippen LogP) is 0.820. The molecule has 1 heterocycles. The first kappa shape index (κ1) is 14.2. The van der Waals surface area contributed by atoms with Crippen molar-refractivity contribution in [1.82, 2.24) is 5.32 Å². The van der Waals surface area contributed by atoms with Crippen LogP contribution in [0.5, 0.6) is 0 Å². The van der Waals surface area contributed by atoms with E-state index < -0.39 is 9.84 Å². The Kier molecular flexibility index (Phi) is 6.25. The molecule has 0 aromatic carbocycles. The van der Waals surface area contributed by atoms with Gasteiger partial charge in [0, 0.05) is 20.3 Å². The van der Waals surface area contributed by atoms with Crippen molar-refractivity contribution in [3.63, 3.8) is 0 Å². The van der Waals surface area contributed by atoms with Gasteiger partial charge in [-0.3, -0.25) is 0 Å². The maximum atomic E-state index is 11.5. The number of furan rings is 1. The van der Waals surface area contributed by atoms with E-state index in [-0.39, 0.29) is 11.5 Å². The van der Waals surface area contributed by atoms with Crippen LogP contribution in [0.3, 0.4) is 0 Å². The monoisotopic (exact) mass is 261 g/mol. The van der Waals surface area contributed by atoms with Crippen LogP contribution < -0.4 is 5.32 Å². The highest BCUT2D eigenvalue weighted by Gasteiger charge is 2.09. The third-order valence-corrected chi connectivity index (χ3v) is 4.01. The van der Waals surface area contributed by atoms with Gasteiger partial charge in [-0.15, -0.1) is 0 Å². The van der Waals surface area contributed by atoms with E-state index in [1.165, 1.54) is 0 Å². The minimum atomic E-state index is -2.97. The Hall–Kier alpha value is -0.850. The molecule has 0 saturated heterocycles. The number of rotatable bonds is 9. The Morgan fingerprint density at radius 2 is 2.24 bits per heavy atom. The zero-order chi connectivity index (χ0) is 12.6. The first-order chi connectivity index (χ1) is 8.14. The molecule has 0 bridgehead atoms. The molecule has 98 valence electrons. The number of methoxy groups -OCH3 is 1. The molecular formula is C11H19NO4S. The van der Waals surface area contributed by atoms with Crippen molar-refractivity contribution in [2.75, 3.05) is 31.8 Å². The van der Waals surface area contributed by atoms with Crippen molar-refractivity contribution >= 4 is 9.84 Å². The van der Waals surface area contributed by atoms with Gasteiger partial charge in [-0.2, -0.15) is 0 Å². The third-order valence-electron chi connectivity index (χ3n) is 2.27. The molecule has 0 aliphatic carbocycles. The van der Waals surface area contributed by atoms with Gasteiger partial charge in [0.1, 0.15) is 5.76 Å². The zero-order valence-electron chi connectivity index (χ0n) is 10.0. The van der Waals surface area contributed by atoms with E-state index in [1.54, 1.807) is 19.4 Å². The summed E-state index contributed by atoms with van der Waals surface area (Å²) in [6, 6.07) is 3.65. The van der Waals surface area contributed by atoms with Crippen LogP contribution >= 0.6 is 0 Å². The molecule has 1 aromatic rings. The average molecular weight is 261 g/mol. The summed E-state index contributed by atoms with van der Waals surface area (Å²) in [6.07, 6.45) is 2.15. The Labute approximate surface area is 102 Å². The summed E-state index contributed by atoms with van der Waals surface area (Å²) in [5.74, 6) is 1.14. The number of hydrogen-bond donors (Lipinski definition) is 1. The van der Waals surface area contributed by atoms with E-state index in [4.69, 9.17) is 9.15 Å². The van der Waals surface area contributed by atoms with Crippen LogP contribution in [-0.2, 0) is 21.1 Å². The van der Waals surface area contributed by atoms with E-state index in [1.807, 2.05) is 6.07 Å². The summed E-state index contributed by atoms with van der Waals surface area (Å²) in [7, 11) is -1.40. The molecule has 17 heavy (non-hydrogen) atoms. The number of ether oxygens (including phenoxy) is 1. The van der Waals surface area contributed by atoms with E-state index in [2.05, 4.69) is 5.32 Å². The topological polar surface area (TPSA) is 68.5 Å². The van der Waals surface area contributed by atoms with Gasteiger partial charge in [-0.25, -0.2) is 8.42 Å². The molecule has 1 rings (SSSR count). The van der Waals surface area contributed by atoms with Gasteiger partial charge in [0.15, 0.2) is 9.84 Å². The van der Waals surface area contributed by atoms with Crippen LogP contribution in [0.1, 0.15) is 12.2 Å². The normalized spacial score (nSPS) is 11.8. The second-order valence-corrected chi connectivity index (χ2v) is 6.06.